The Labute approximate surface area is 126 Å². The van der Waals surface area contributed by atoms with Gasteiger partial charge in [0.1, 0.15) is 0 Å². The van der Waals surface area contributed by atoms with Crippen molar-refractivity contribution in [3.05, 3.63) is 23.8 Å². The summed E-state index contributed by atoms with van der Waals surface area (Å²) in [6, 6.07) is 5.96. The molecule has 0 fully saturated rings. The number of carbonyl (C=O) groups is 1. The second-order valence-corrected chi connectivity index (χ2v) is 5.11. The van der Waals surface area contributed by atoms with Crippen LogP contribution >= 0.6 is 0 Å². The van der Waals surface area contributed by atoms with Gasteiger partial charge in [0.05, 0.1) is 20.8 Å². The molecule has 0 spiro atoms. The van der Waals surface area contributed by atoms with Crippen molar-refractivity contribution in [2.75, 3.05) is 27.3 Å². The van der Waals surface area contributed by atoms with E-state index in [1.54, 1.807) is 14.2 Å². The minimum absolute atomic E-state index is 0.0717. The first-order valence-electron chi connectivity index (χ1n) is 7.18. The van der Waals surface area contributed by atoms with E-state index in [1.165, 1.54) is 0 Å². The fraction of sp³-hybridized carbons (Fsp3) is 0.562. The maximum atomic E-state index is 10.9. The number of ether oxygens (including phenoxy) is 2. The molecule has 1 atom stereocenters. The molecule has 0 aliphatic heterocycles. The maximum absolute atomic E-state index is 10.9. The Morgan fingerprint density at radius 3 is 2.48 bits per heavy atom. The number of carboxylic acid groups (broad SMARTS) is 1. The highest BCUT2D eigenvalue weighted by molar-refractivity contribution is 5.69. The van der Waals surface area contributed by atoms with Gasteiger partial charge in [0.15, 0.2) is 11.5 Å². The lowest BCUT2D eigenvalue weighted by Crippen LogP contribution is -2.39. The van der Waals surface area contributed by atoms with Crippen molar-refractivity contribution in [2.24, 2.45) is 0 Å². The summed E-state index contributed by atoms with van der Waals surface area (Å²) in [5.41, 5.74) is 1.10. The van der Waals surface area contributed by atoms with E-state index >= 15 is 0 Å². The number of hydrogen-bond acceptors (Lipinski definition) is 4. The van der Waals surface area contributed by atoms with E-state index in [0.29, 0.717) is 11.5 Å². The van der Waals surface area contributed by atoms with Gasteiger partial charge in [-0.2, -0.15) is 0 Å². The fourth-order valence-corrected chi connectivity index (χ4v) is 2.39. The third-order valence-corrected chi connectivity index (χ3v) is 3.45. The molecule has 5 heteroatoms. The zero-order valence-corrected chi connectivity index (χ0v) is 13.3. The molecule has 0 amide bonds. The van der Waals surface area contributed by atoms with Gasteiger partial charge >= 0.3 is 5.97 Å². The van der Waals surface area contributed by atoms with Crippen LogP contribution in [0.5, 0.6) is 11.5 Å². The van der Waals surface area contributed by atoms with Crippen molar-refractivity contribution in [3.8, 4) is 11.5 Å². The van der Waals surface area contributed by atoms with E-state index in [2.05, 4.69) is 13.8 Å². The number of rotatable bonds is 9. The van der Waals surface area contributed by atoms with E-state index in [4.69, 9.17) is 14.6 Å². The summed E-state index contributed by atoms with van der Waals surface area (Å²) in [4.78, 5) is 12.9. The smallest absolute Gasteiger partial charge is 0.317 e. The van der Waals surface area contributed by atoms with Crippen LogP contribution in [0, 0.1) is 0 Å². The van der Waals surface area contributed by atoms with E-state index in [1.807, 2.05) is 23.1 Å². The van der Waals surface area contributed by atoms with Crippen LogP contribution in [0.4, 0.5) is 0 Å². The van der Waals surface area contributed by atoms with Crippen molar-refractivity contribution in [2.45, 2.75) is 32.7 Å². The van der Waals surface area contributed by atoms with Crippen molar-refractivity contribution in [1.82, 2.24) is 4.90 Å². The number of nitrogens with zero attached hydrogens (tertiary/aromatic N) is 1. The van der Waals surface area contributed by atoms with E-state index in [-0.39, 0.29) is 12.6 Å². The zero-order valence-electron chi connectivity index (χ0n) is 13.3. The van der Waals surface area contributed by atoms with Gasteiger partial charge in [-0.05, 0) is 44.0 Å². The van der Waals surface area contributed by atoms with E-state index < -0.39 is 5.97 Å². The third kappa shape index (κ3) is 5.27. The molecule has 1 aromatic carbocycles. The lowest BCUT2D eigenvalue weighted by Gasteiger charge is -2.27. The molecule has 1 rings (SSSR count). The molecule has 0 aliphatic carbocycles. The van der Waals surface area contributed by atoms with Crippen LogP contribution in [0.25, 0.3) is 0 Å². The monoisotopic (exact) mass is 295 g/mol. The second kappa shape index (κ2) is 8.52. The first-order valence-corrected chi connectivity index (χ1v) is 7.18. The zero-order chi connectivity index (χ0) is 15.8. The Kier molecular flexibility index (Phi) is 7.02. The summed E-state index contributed by atoms with van der Waals surface area (Å²) in [6.07, 6.45) is 1.71. The van der Waals surface area contributed by atoms with Gasteiger partial charge < -0.3 is 14.6 Å². The average molecular weight is 295 g/mol. The Morgan fingerprint density at radius 1 is 1.29 bits per heavy atom. The van der Waals surface area contributed by atoms with Gasteiger partial charge in [0.25, 0.3) is 0 Å². The quantitative estimate of drug-likeness (QED) is 0.758. The van der Waals surface area contributed by atoms with Crippen LogP contribution in [0.15, 0.2) is 18.2 Å². The Morgan fingerprint density at radius 2 is 1.95 bits per heavy atom. The van der Waals surface area contributed by atoms with Gasteiger partial charge in [-0.1, -0.05) is 13.0 Å². The molecule has 0 aromatic heterocycles. The minimum atomic E-state index is -0.789. The van der Waals surface area contributed by atoms with Gasteiger partial charge in [0.2, 0.25) is 0 Å². The third-order valence-electron chi connectivity index (χ3n) is 3.45. The summed E-state index contributed by atoms with van der Waals surface area (Å²) in [5, 5.41) is 9.00. The van der Waals surface area contributed by atoms with Gasteiger partial charge in [-0.25, -0.2) is 0 Å². The molecule has 21 heavy (non-hydrogen) atoms. The number of carboxylic acids is 1. The summed E-state index contributed by atoms with van der Waals surface area (Å²) in [6.45, 7) is 4.95. The molecule has 0 radical (unpaired) electrons. The number of benzene rings is 1. The molecule has 1 unspecified atom stereocenters. The van der Waals surface area contributed by atoms with Crippen LogP contribution in [0.3, 0.4) is 0 Å². The minimum Gasteiger partial charge on any atom is -0.493 e. The molecule has 0 aliphatic rings. The molecule has 0 saturated heterocycles. The normalized spacial score (nSPS) is 12.2. The molecule has 0 heterocycles. The first-order chi connectivity index (χ1) is 10.0. The molecule has 118 valence electrons. The Hall–Kier alpha value is -1.75. The van der Waals surface area contributed by atoms with Crippen LogP contribution in [-0.2, 0) is 11.2 Å². The van der Waals surface area contributed by atoms with Crippen molar-refractivity contribution < 1.29 is 19.4 Å². The van der Waals surface area contributed by atoms with Crippen molar-refractivity contribution in [1.29, 1.82) is 0 Å². The number of hydrogen-bond donors (Lipinski definition) is 1. The maximum Gasteiger partial charge on any atom is 0.317 e. The SMILES string of the molecule is CCCN(CC(=O)O)C(C)Cc1ccc(OC)c(OC)c1. The van der Waals surface area contributed by atoms with Crippen LogP contribution in [-0.4, -0.2) is 49.3 Å². The van der Waals surface area contributed by atoms with Gasteiger partial charge in [-0.3, -0.25) is 9.69 Å². The molecular formula is C16H25NO4. The lowest BCUT2D eigenvalue weighted by atomic mass is 10.0. The Balaban J connectivity index is 2.80. The predicted octanol–water partition coefficient (Wildman–Crippen LogP) is 2.43. The van der Waals surface area contributed by atoms with Crippen LogP contribution in [0.1, 0.15) is 25.8 Å². The lowest BCUT2D eigenvalue weighted by molar-refractivity contribution is -0.138. The second-order valence-electron chi connectivity index (χ2n) is 5.11. The summed E-state index contributed by atoms with van der Waals surface area (Å²) < 4.78 is 10.5. The van der Waals surface area contributed by atoms with E-state index in [0.717, 1.165) is 24.9 Å². The standard InChI is InChI=1S/C16H25NO4/c1-5-8-17(11-16(18)19)12(2)9-13-6-7-14(20-3)15(10-13)21-4/h6-7,10,12H,5,8-9,11H2,1-4H3,(H,18,19). The highest BCUT2D eigenvalue weighted by Crippen LogP contribution is 2.28. The fourth-order valence-electron chi connectivity index (χ4n) is 2.39. The topological polar surface area (TPSA) is 59.0 Å². The molecular weight excluding hydrogens is 270 g/mol. The molecule has 0 saturated carbocycles. The largest absolute Gasteiger partial charge is 0.493 e. The summed E-state index contributed by atoms with van der Waals surface area (Å²) >= 11 is 0. The van der Waals surface area contributed by atoms with Crippen LogP contribution < -0.4 is 9.47 Å². The molecule has 1 N–H and O–H groups in total. The van der Waals surface area contributed by atoms with Crippen LogP contribution in [0.2, 0.25) is 0 Å². The van der Waals surface area contributed by atoms with Gasteiger partial charge in [-0.15, -0.1) is 0 Å². The number of aliphatic carboxylic acids is 1. The highest BCUT2D eigenvalue weighted by Gasteiger charge is 2.17. The average Bonchev–Trinajstić information content (AvgIpc) is 2.46. The number of methoxy groups -OCH3 is 2. The molecule has 1 aromatic rings. The summed E-state index contributed by atoms with van der Waals surface area (Å²) in [5.74, 6) is 0.606. The predicted molar refractivity (Wildman–Crippen MR) is 82.2 cm³/mol. The summed E-state index contributed by atoms with van der Waals surface area (Å²) in [7, 11) is 3.22. The van der Waals surface area contributed by atoms with Gasteiger partial charge in [0, 0.05) is 6.04 Å². The highest BCUT2D eigenvalue weighted by atomic mass is 16.5. The van der Waals surface area contributed by atoms with Crippen molar-refractivity contribution in [3.63, 3.8) is 0 Å². The Bertz CT molecular complexity index is 462. The molecule has 0 bridgehead atoms. The first kappa shape index (κ1) is 17.3. The van der Waals surface area contributed by atoms with Crippen molar-refractivity contribution >= 4 is 5.97 Å². The molecule has 5 nitrogen and oxygen atoms in total. The van der Waals surface area contributed by atoms with E-state index in [9.17, 15) is 4.79 Å².